The third-order valence-corrected chi connectivity index (χ3v) is 4.89. The van der Waals surface area contributed by atoms with E-state index in [0.29, 0.717) is 28.2 Å². The summed E-state index contributed by atoms with van der Waals surface area (Å²) in [7, 11) is 0. The van der Waals surface area contributed by atoms with Gasteiger partial charge in [0.15, 0.2) is 11.9 Å². The number of ketones is 1. The standard InChI is InChI=1S/C23H20N4O2/c1-15-8-2-3-9-16(15)20(28)14-27-19-12-5-4-10-17(19)21(26-22(24)23(27)29)18-11-6-7-13-25-18/h2-13,22H,14,24H2,1H3. The number of hydrogen-bond acceptors (Lipinski definition) is 5. The Morgan fingerprint density at radius 1 is 1.03 bits per heavy atom. The zero-order valence-corrected chi connectivity index (χ0v) is 15.9. The highest BCUT2D eigenvalue weighted by molar-refractivity contribution is 6.20. The van der Waals surface area contributed by atoms with Crippen LogP contribution >= 0.6 is 0 Å². The molecule has 29 heavy (non-hydrogen) atoms. The third kappa shape index (κ3) is 3.58. The largest absolute Gasteiger partial charge is 0.302 e. The van der Waals surface area contributed by atoms with Gasteiger partial charge in [-0.25, -0.2) is 0 Å². The minimum absolute atomic E-state index is 0.112. The maximum atomic E-state index is 13.1. The molecule has 2 N–H and O–H groups in total. The summed E-state index contributed by atoms with van der Waals surface area (Å²) in [4.78, 5) is 36.3. The highest BCUT2D eigenvalue weighted by Gasteiger charge is 2.31. The number of aliphatic imine (C=N–C) groups is 1. The van der Waals surface area contributed by atoms with Crippen molar-refractivity contribution in [2.75, 3.05) is 11.4 Å². The fourth-order valence-corrected chi connectivity index (χ4v) is 3.44. The van der Waals surface area contributed by atoms with E-state index >= 15 is 0 Å². The fourth-order valence-electron chi connectivity index (χ4n) is 3.44. The number of hydrogen-bond donors (Lipinski definition) is 1. The minimum Gasteiger partial charge on any atom is -0.302 e. The van der Waals surface area contributed by atoms with Crippen LogP contribution in [0.15, 0.2) is 77.9 Å². The SMILES string of the molecule is Cc1ccccc1C(=O)CN1C(=O)C(N)N=C(c2ccccn2)c2ccccc21. The van der Waals surface area contributed by atoms with Crippen molar-refractivity contribution < 1.29 is 9.59 Å². The van der Waals surface area contributed by atoms with Crippen LogP contribution in [-0.2, 0) is 4.79 Å². The Balaban J connectivity index is 1.78. The van der Waals surface area contributed by atoms with E-state index in [2.05, 4.69) is 9.98 Å². The molecular weight excluding hydrogens is 364 g/mol. The summed E-state index contributed by atoms with van der Waals surface area (Å²) in [6, 6.07) is 20.2. The number of nitrogens with two attached hydrogens (primary N) is 1. The van der Waals surface area contributed by atoms with Gasteiger partial charge in [-0.2, -0.15) is 0 Å². The fraction of sp³-hybridized carbons (Fsp3) is 0.130. The molecule has 4 rings (SSSR count). The maximum absolute atomic E-state index is 13.1. The van der Waals surface area contributed by atoms with Crippen LogP contribution in [0.2, 0.25) is 0 Å². The van der Waals surface area contributed by atoms with E-state index in [4.69, 9.17) is 5.73 Å². The van der Waals surface area contributed by atoms with E-state index in [0.717, 1.165) is 5.56 Å². The third-order valence-electron chi connectivity index (χ3n) is 4.89. The van der Waals surface area contributed by atoms with Crippen LogP contribution in [0.4, 0.5) is 5.69 Å². The molecular formula is C23H20N4O2. The predicted molar refractivity (Wildman–Crippen MR) is 112 cm³/mol. The van der Waals surface area contributed by atoms with Crippen molar-refractivity contribution in [2.45, 2.75) is 13.1 Å². The molecule has 6 heteroatoms. The summed E-state index contributed by atoms with van der Waals surface area (Å²) in [5.74, 6) is -0.579. The second kappa shape index (κ2) is 7.77. The Labute approximate surface area is 168 Å². The summed E-state index contributed by atoms with van der Waals surface area (Å²) < 4.78 is 0. The van der Waals surface area contributed by atoms with Crippen molar-refractivity contribution in [2.24, 2.45) is 10.7 Å². The number of fused-ring (bicyclic) bond motifs is 1. The number of amides is 1. The Kier molecular flexibility index (Phi) is 5.01. The Morgan fingerprint density at radius 3 is 2.52 bits per heavy atom. The normalized spacial score (nSPS) is 16.1. The van der Waals surface area contributed by atoms with Crippen LogP contribution in [0.5, 0.6) is 0 Å². The van der Waals surface area contributed by atoms with Gasteiger partial charge >= 0.3 is 0 Å². The Bertz CT molecular complexity index is 1110. The van der Waals surface area contributed by atoms with Gasteiger partial charge in [-0.3, -0.25) is 19.6 Å². The summed E-state index contributed by atoms with van der Waals surface area (Å²) in [5.41, 5.74) is 10.0. The molecule has 1 aliphatic rings. The lowest BCUT2D eigenvalue weighted by Gasteiger charge is -2.23. The molecule has 3 aromatic rings. The number of Topliss-reactive ketones (excluding diaryl/α,β-unsaturated/α-hetero) is 1. The number of nitrogens with zero attached hydrogens (tertiary/aromatic N) is 3. The second-order valence-corrected chi connectivity index (χ2v) is 6.82. The molecule has 1 aromatic heterocycles. The summed E-state index contributed by atoms with van der Waals surface area (Å²) >= 11 is 0. The molecule has 2 aromatic carbocycles. The van der Waals surface area contributed by atoms with Crippen LogP contribution in [-0.4, -0.2) is 35.1 Å². The molecule has 2 heterocycles. The van der Waals surface area contributed by atoms with Crippen LogP contribution < -0.4 is 10.6 Å². The van der Waals surface area contributed by atoms with Crippen molar-refractivity contribution >= 4 is 23.1 Å². The first-order chi connectivity index (χ1) is 14.1. The zero-order valence-electron chi connectivity index (χ0n) is 15.9. The number of anilines is 1. The number of carbonyl (C=O) groups is 2. The number of para-hydroxylation sites is 1. The average Bonchev–Trinajstić information content (AvgIpc) is 2.85. The molecule has 0 aliphatic carbocycles. The first-order valence-corrected chi connectivity index (χ1v) is 9.30. The van der Waals surface area contributed by atoms with E-state index in [-0.39, 0.29) is 12.3 Å². The van der Waals surface area contributed by atoms with Gasteiger partial charge in [-0.1, -0.05) is 48.5 Å². The van der Waals surface area contributed by atoms with E-state index in [1.54, 1.807) is 18.3 Å². The molecule has 0 spiro atoms. The molecule has 1 aliphatic heterocycles. The van der Waals surface area contributed by atoms with E-state index in [1.807, 2.05) is 61.5 Å². The lowest BCUT2D eigenvalue weighted by molar-refractivity contribution is -0.119. The quantitative estimate of drug-likeness (QED) is 0.701. The maximum Gasteiger partial charge on any atom is 0.266 e. The molecule has 144 valence electrons. The van der Waals surface area contributed by atoms with Gasteiger partial charge in [0.05, 0.1) is 23.6 Å². The molecule has 0 saturated heterocycles. The van der Waals surface area contributed by atoms with Gasteiger partial charge in [0.1, 0.15) is 0 Å². The topological polar surface area (TPSA) is 88.7 Å². The summed E-state index contributed by atoms with van der Waals surface area (Å²) in [6.45, 7) is 1.76. The molecule has 0 fully saturated rings. The van der Waals surface area contributed by atoms with Crippen molar-refractivity contribution in [1.82, 2.24) is 4.98 Å². The van der Waals surface area contributed by atoms with Crippen molar-refractivity contribution in [3.8, 4) is 0 Å². The van der Waals surface area contributed by atoms with E-state index < -0.39 is 12.1 Å². The molecule has 0 radical (unpaired) electrons. The van der Waals surface area contributed by atoms with Crippen LogP contribution in [0.3, 0.4) is 0 Å². The van der Waals surface area contributed by atoms with Gasteiger partial charge in [0.2, 0.25) is 0 Å². The van der Waals surface area contributed by atoms with E-state index in [9.17, 15) is 9.59 Å². The Morgan fingerprint density at radius 2 is 1.76 bits per heavy atom. The van der Waals surface area contributed by atoms with Gasteiger partial charge in [0, 0.05) is 17.3 Å². The number of aryl methyl sites for hydroxylation is 1. The van der Waals surface area contributed by atoms with Crippen molar-refractivity contribution in [3.63, 3.8) is 0 Å². The second-order valence-electron chi connectivity index (χ2n) is 6.82. The molecule has 0 bridgehead atoms. The Hall–Kier alpha value is -3.64. The van der Waals surface area contributed by atoms with Crippen molar-refractivity contribution in [3.05, 3.63) is 95.3 Å². The highest BCUT2D eigenvalue weighted by atomic mass is 16.2. The predicted octanol–water partition coefficient (Wildman–Crippen LogP) is 2.74. The number of carbonyl (C=O) groups excluding carboxylic acids is 2. The van der Waals surface area contributed by atoms with Crippen LogP contribution in [0.1, 0.15) is 27.2 Å². The van der Waals surface area contributed by atoms with Gasteiger partial charge < -0.3 is 10.6 Å². The number of rotatable bonds is 4. The first kappa shape index (κ1) is 18.7. The van der Waals surface area contributed by atoms with Crippen LogP contribution in [0, 0.1) is 6.92 Å². The number of benzodiazepines with no additional fused rings is 1. The van der Waals surface area contributed by atoms with Gasteiger partial charge in [-0.15, -0.1) is 0 Å². The lowest BCUT2D eigenvalue weighted by atomic mass is 10.0. The number of benzene rings is 2. The van der Waals surface area contributed by atoms with Gasteiger partial charge in [0.25, 0.3) is 5.91 Å². The smallest absolute Gasteiger partial charge is 0.266 e. The molecule has 1 amide bonds. The summed E-state index contributed by atoms with van der Waals surface area (Å²) in [6.07, 6.45) is 0.544. The monoisotopic (exact) mass is 384 g/mol. The number of aromatic nitrogens is 1. The molecule has 6 nitrogen and oxygen atoms in total. The molecule has 1 atom stereocenters. The van der Waals surface area contributed by atoms with E-state index in [1.165, 1.54) is 4.90 Å². The summed E-state index contributed by atoms with van der Waals surface area (Å²) in [5, 5.41) is 0. The van der Waals surface area contributed by atoms with Gasteiger partial charge in [-0.05, 0) is 30.7 Å². The van der Waals surface area contributed by atoms with Crippen molar-refractivity contribution in [1.29, 1.82) is 0 Å². The molecule has 0 saturated carbocycles. The average molecular weight is 384 g/mol. The zero-order chi connectivity index (χ0) is 20.4. The number of pyridine rings is 1. The lowest BCUT2D eigenvalue weighted by Crippen LogP contribution is -2.44. The minimum atomic E-state index is -1.12. The molecule has 1 unspecified atom stereocenters. The van der Waals surface area contributed by atoms with Crippen LogP contribution in [0.25, 0.3) is 0 Å². The highest BCUT2D eigenvalue weighted by Crippen LogP contribution is 2.27. The first-order valence-electron chi connectivity index (χ1n) is 9.30.